The number of aromatic nitrogens is 2. The highest BCUT2D eigenvalue weighted by Gasteiger charge is 2.14. The highest BCUT2D eigenvalue weighted by Crippen LogP contribution is 2.21. The van der Waals surface area contributed by atoms with Gasteiger partial charge in [0.2, 0.25) is 0 Å². The number of aryl methyl sites for hydroxylation is 2. The Hall–Kier alpha value is -1.40. The molecule has 0 radical (unpaired) electrons. The zero-order chi connectivity index (χ0) is 16.1. The molecule has 1 amide bonds. The highest BCUT2D eigenvalue weighted by atomic mass is 79.9. The minimum Gasteiger partial charge on any atom is -0.322 e. The van der Waals surface area contributed by atoms with Crippen LogP contribution in [0.2, 0.25) is 0 Å². The van der Waals surface area contributed by atoms with Gasteiger partial charge in [0, 0.05) is 16.4 Å². The van der Waals surface area contributed by atoms with Gasteiger partial charge in [0.25, 0.3) is 5.91 Å². The van der Waals surface area contributed by atoms with Crippen molar-refractivity contribution in [3.63, 3.8) is 0 Å². The molecule has 0 aliphatic carbocycles. The molecule has 4 nitrogen and oxygen atoms in total. The Bertz CT molecular complexity index is 691. The average molecular weight is 380 g/mol. The molecule has 0 atom stereocenters. The van der Waals surface area contributed by atoms with Crippen molar-refractivity contribution < 1.29 is 4.79 Å². The summed E-state index contributed by atoms with van der Waals surface area (Å²) in [5, 5.41) is 3.61. The van der Waals surface area contributed by atoms with E-state index < -0.39 is 0 Å². The standard InChI is InChI=1S/C16H18BrN3OS/c1-4-5-14-12(9-18-16(20-14)22-3)15(21)19-11-6-7-13(17)10(2)8-11/h6-9H,4-5H2,1-3H3,(H,19,21). The van der Waals surface area contributed by atoms with Crippen molar-refractivity contribution in [1.82, 2.24) is 9.97 Å². The minimum absolute atomic E-state index is 0.169. The molecule has 6 heteroatoms. The van der Waals surface area contributed by atoms with Crippen LogP contribution in [0.25, 0.3) is 0 Å². The van der Waals surface area contributed by atoms with Crippen LogP contribution in [0.1, 0.15) is 35.0 Å². The van der Waals surface area contributed by atoms with E-state index in [-0.39, 0.29) is 5.91 Å². The zero-order valence-electron chi connectivity index (χ0n) is 12.8. The Morgan fingerprint density at radius 3 is 2.82 bits per heavy atom. The van der Waals surface area contributed by atoms with Crippen LogP contribution in [0, 0.1) is 6.92 Å². The fourth-order valence-corrected chi connectivity index (χ4v) is 2.64. The molecule has 0 saturated carbocycles. The van der Waals surface area contributed by atoms with Crippen LogP contribution in [-0.2, 0) is 6.42 Å². The summed E-state index contributed by atoms with van der Waals surface area (Å²) in [5.41, 5.74) is 3.18. The summed E-state index contributed by atoms with van der Waals surface area (Å²) < 4.78 is 1.02. The Balaban J connectivity index is 2.26. The van der Waals surface area contributed by atoms with Crippen molar-refractivity contribution in [1.29, 1.82) is 0 Å². The van der Waals surface area contributed by atoms with E-state index in [0.717, 1.165) is 34.3 Å². The van der Waals surface area contributed by atoms with Gasteiger partial charge in [-0.15, -0.1) is 0 Å². The third kappa shape index (κ3) is 4.08. The summed E-state index contributed by atoms with van der Waals surface area (Å²) in [7, 11) is 0. The fraction of sp³-hybridized carbons (Fsp3) is 0.312. The Morgan fingerprint density at radius 1 is 1.41 bits per heavy atom. The molecule has 2 rings (SSSR count). The van der Waals surface area contributed by atoms with Crippen molar-refractivity contribution in [2.75, 3.05) is 11.6 Å². The number of thioether (sulfide) groups is 1. The van der Waals surface area contributed by atoms with Crippen LogP contribution in [0.3, 0.4) is 0 Å². The van der Waals surface area contributed by atoms with Crippen LogP contribution in [0.5, 0.6) is 0 Å². The number of anilines is 1. The first kappa shape index (κ1) is 17.0. The number of rotatable bonds is 5. The van der Waals surface area contributed by atoms with E-state index in [9.17, 15) is 4.79 Å². The molecule has 1 N–H and O–H groups in total. The number of hydrogen-bond acceptors (Lipinski definition) is 4. The molecule has 1 aromatic carbocycles. The minimum atomic E-state index is -0.169. The topological polar surface area (TPSA) is 54.9 Å². The smallest absolute Gasteiger partial charge is 0.259 e. The monoisotopic (exact) mass is 379 g/mol. The molecule has 1 aromatic heterocycles. The lowest BCUT2D eigenvalue weighted by atomic mass is 10.1. The van der Waals surface area contributed by atoms with E-state index in [2.05, 4.69) is 38.1 Å². The molecular formula is C16H18BrN3OS. The lowest BCUT2D eigenvalue weighted by Gasteiger charge is -2.10. The van der Waals surface area contributed by atoms with Crippen LogP contribution >= 0.6 is 27.7 Å². The second-order valence-electron chi connectivity index (χ2n) is 4.89. The van der Waals surface area contributed by atoms with Crippen molar-refractivity contribution in [2.24, 2.45) is 0 Å². The number of carbonyl (C=O) groups is 1. The molecule has 0 aliphatic rings. The molecule has 2 aromatic rings. The number of hydrogen-bond donors (Lipinski definition) is 1. The number of nitrogens with one attached hydrogen (secondary N) is 1. The van der Waals surface area contributed by atoms with Crippen molar-refractivity contribution in [3.8, 4) is 0 Å². The second-order valence-corrected chi connectivity index (χ2v) is 6.51. The van der Waals surface area contributed by atoms with Crippen molar-refractivity contribution >= 4 is 39.3 Å². The largest absolute Gasteiger partial charge is 0.322 e. The van der Waals surface area contributed by atoms with Gasteiger partial charge in [-0.25, -0.2) is 9.97 Å². The summed E-state index contributed by atoms with van der Waals surface area (Å²) in [5.74, 6) is -0.169. The lowest BCUT2D eigenvalue weighted by molar-refractivity contribution is 0.102. The maximum absolute atomic E-state index is 12.5. The average Bonchev–Trinajstić information content (AvgIpc) is 2.51. The van der Waals surface area contributed by atoms with Gasteiger partial charge >= 0.3 is 0 Å². The quantitative estimate of drug-likeness (QED) is 0.614. The van der Waals surface area contributed by atoms with Gasteiger partial charge in [-0.05, 0) is 43.4 Å². The number of carbonyl (C=O) groups excluding carboxylic acids is 1. The normalized spacial score (nSPS) is 10.5. The van der Waals surface area contributed by atoms with E-state index in [1.54, 1.807) is 6.20 Å². The maximum Gasteiger partial charge on any atom is 0.259 e. The van der Waals surface area contributed by atoms with Gasteiger partial charge in [0.15, 0.2) is 5.16 Å². The molecule has 0 bridgehead atoms. The van der Waals surface area contributed by atoms with Gasteiger partial charge in [0.05, 0.1) is 11.3 Å². The molecule has 0 spiro atoms. The van der Waals surface area contributed by atoms with Crippen molar-refractivity contribution in [3.05, 3.63) is 45.7 Å². The SMILES string of the molecule is CCCc1nc(SC)ncc1C(=O)Nc1ccc(Br)c(C)c1. The Kier molecular flexibility index (Phi) is 5.97. The molecule has 0 saturated heterocycles. The lowest BCUT2D eigenvalue weighted by Crippen LogP contribution is -2.16. The third-order valence-electron chi connectivity index (χ3n) is 3.18. The number of benzene rings is 1. The summed E-state index contributed by atoms with van der Waals surface area (Å²) in [6.45, 7) is 4.05. The summed E-state index contributed by atoms with van der Waals surface area (Å²) in [6, 6.07) is 5.72. The van der Waals surface area contributed by atoms with Gasteiger partial charge in [-0.2, -0.15) is 0 Å². The number of nitrogens with zero attached hydrogens (tertiary/aromatic N) is 2. The Morgan fingerprint density at radius 2 is 2.18 bits per heavy atom. The van der Waals surface area contributed by atoms with Crippen LogP contribution < -0.4 is 5.32 Å². The predicted octanol–water partition coefficient (Wildman–Crippen LogP) is 4.47. The second kappa shape index (κ2) is 7.74. The molecular weight excluding hydrogens is 362 g/mol. The Labute approximate surface area is 143 Å². The molecule has 1 heterocycles. The summed E-state index contributed by atoms with van der Waals surface area (Å²) in [6.07, 6.45) is 5.24. The van der Waals surface area contributed by atoms with Crippen LogP contribution in [0.4, 0.5) is 5.69 Å². The first-order chi connectivity index (χ1) is 10.5. The molecule has 116 valence electrons. The van der Waals surface area contributed by atoms with E-state index in [1.807, 2.05) is 31.4 Å². The fourth-order valence-electron chi connectivity index (χ4n) is 2.04. The zero-order valence-corrected chi connectivity index (χ0v) is 15.2. The van der Waals surface area contributed by atoms with Gasteiger partial charge in [0.1, 0.15) is 0 Å². The summed E-state index contributed by atoms with van der Waals surface area (Å²) >= 11 is 4.93. The highest BCUT2D eigenvalue weighted by molar-refractivity contribution is 9.10. The first-order valence-corrected chi connectivity index (χ1v) is 9.04. The van der Waals surface area contributed by atoms with E-state index in [1.165, 1.54) is 11.8 Å². The number of halogens is 1. The molecule has 0 aliphatic heterocycles. The van der Waals surface area contributed by atoms with Crippen molar-refractivity contribution in [2.45, 2.75) is 31.8 Å². The predicted molar refractivity (Wildman–Crippen MR) is 94.6 cm³/mol. The maximum atomic E-state index is 12.5. The molecule has 0 unspecified atom stereocenters. The number of amides is 1. The summed E-state index contributed by atoms with van der Waals surface area (Å²) in [4.78, 5) is 21.2. The molecule has 0 fully saturated rings. The van der Waals surface area contributed by atoms with E-state index in [4.69, 9.17) is 0 Å². The van der Waals surface area contributed by atoms with E-state index >= 15 is 0 Å². The first-order valence-electron chi connectivity index (χ1n) is 7.02. The molecule has 22 heavy (non-hydrogen) atoms. The van der Waals surface area contributed by atoms with E-state index in [0.29, 0.717) is 10.7 Å². The van der Waals surface area contributed by atoms with Gasteiger partial charge < -0.3 is 5.32 Å². The van der Waals surface area contributed by atoms with Crippen LogP contribution in [-0.4, -0.2) is 22.1 Å². The van der Waals surface area contributed by atoms with Gasteiger partial charge in [-0.3, -0.25) is 4.79 Å². The van der Waals surface area contributed by atoms with Crippen LogP contribution in [0.15, 0.2) is 34.0 Å². The van der Waals surface area contributed by atoms with Gasteiger partial charge in [-0.1, -0.05) is 41.0 Å². The third-order valence-corrected chi connectivity index (χ3v) is 4.63.